The summed E-state index contributed by atoms with van der Waals surface area (Å²) in [6.45, 7) is 7.23. The molecule has 1 amide bonds. The summed E-state index contributed by atoms with van der Waals surface area (Å²) in [5, 5.41) is 3.88. The number of hydrogen-bond donors (Lipinski definition) is 1. The summed E-state index contributed by atoms with van der Waals surface area (Å²) in [7, 11) is 0. The molecule has 0 bridgehead atoms. The van der Waals surface area contributed by atoms with Crippen LogP contribution in [-0.4, -0.2) is 35.1 Å². The number of aromatic nitrogens is 1. The van der Waals surface area contributed by atoms with E-state index < -0.39 is 0 Å². The Kier molecular flexibility index (Phi) is 3.71. The van der Waals surface area contributed by atoms with Crippen LogP contribution >= 0.6 is 0 Å². The Hall–Kier alpha value is -1.36. The van der Waals surface area contributed by atoms with E-state index in [9.17, 15) is 4.79 Å². The van der Waals surface area contributed by atoms with Gasteiger partial charge in [0.1, 0.15) is 5.76 Å². The molecule has 2 rings (SSSR count). The van der Waals surface area contributed by atoms with Crippen molar-refractivity contribution in [2.24, 2.45) is 11.7 Å². The second kappa shape index (κ2) is 5.10. The van der Waals surface area contributed by atoms with E-state index in [0.717, 1.165) is 30.0 Å². The minimum atomic E-state index is 0.146. The first-order chi connectivity index (χ1) is 8.52. The predicted octanol–water partition coefficient (Wildman–Crippen LogP) is 1.03. The van der Waals surface area contributed by atoms with E-state index in [-0.39, 0.29) is 11.9 Å². The van der Waals surface area contributed by atoms with Crippen LogP contribution in [0, 0.1) is 19.8 Å². The van der Waals surface area contributed by atoms with E-state index in [2.05, 4.69) is 12.1 Å². The predicted molar refractivity (Wildman–Crippen MR) is 68.0 cm³/mol. The van der Waals surface area contributed by atoms with Gasteiger partial charge < -0.3 is 15.2 Å². The van der Waals surface area contributed by atoms with E-state index in [1.807, 2.05) is 18.7 Å². The van der Waals surface area contributed by atoms with Crippen molar-refractivity contribution in [1.29, 1.82) is 0 Å². The number of carbonyl (C=O) groups excluding carboxylic acids is 1. The molecule has 1 saturated heterocycles. The number of hydrogen-bond acceptors (Lipinski definition) is 4. The molecule has 0 aromatic carbocycles. The van der Waals surface area contributed by atoms with Gasteiger partial charge in [0.15, 0.2) is 0 Å². The topological polar surface area (TPSA) is 72.4 Å². The molecule has 2 N–H and O–H groups in total. The fourth-order valence-corrected chi connectivity index (χ4v) is 2.67. The van der Waals surface area contributed by atoms with Crippen molar-refractivity contribution in [1.82, 2.24) is 10.1 Å². The lowest BCUT2D eigenvalue weighted by atomic mass is 10.1. The number of aryl methyl sites for hydroxylation is 2. The van der Waals surface area contributed by atoms with Crippen LogP contribution in [0.25, 0.3) is 0 Å². The first kappa shape index (κ1) is 13.1. The normalized spacial score (nSPS) is 23.7. The van der Waals surface area contributed by atoms with Crippen LogP contribution in [0.1, 0.15) is 30.4 Å². The van der Waals surface area contributed by atoms with Gasteiger partial charge in [-0.1, -0.05) is 5.16 Å². The molecule has 18 heavy (non-hydrogen) atoms. The van der Waals surface area contributed by atoms with Gasteiger partial charge in [-0.3, -0.25) is 4.79 Å². The summed E-state index contributed by atoms with van der Waals surface area (Å²) in [4.78, 5) is 14.2. The van der Waals surface area contributed by atoms with Gasteiger partial charge in [0.25, 0.3) is 0 Å². The largest absolute Gasteiger partial charge is 0.361 e. The molecule has 0 aliphatic carbocycles. The minimum Gasteiger partial charge on any atom is -0.361 e. The average molecular weight is 251 g/mol. The van der Waals surface area contributed by atoms with Gasteiger partial charge in [-0.25, -0.2) is 0 Å². The molecule has 0 saturated carbocycles. The van der Waals surface area contributed by atoms with Gasteiger partial charge >= 0.3 is 0 Å². The Morgan fingerprint density at radius 1 is 1.56 bits per heavy atom. The fraction of sp³-hybridized carbons (Fsp3) is 0.692. The molecular formula is C13H21N3O2. The maximum absolute atomic E-state index is 12.3. The van der Waals surface area contributed by atoms with Crippen LogP contribution in [0.15, 0.2) is 4.52 Å². The average Bonchev–Trinajstić information content (AvgIpc) is 2.86. The minimum absolute atomic E-state index is 0.146. The second-order valence-electron chi connectivity index (χ2n) is 5.21. The summed E-state index contributed by atoms with van der Waals surface area (Å²) < 4.78 is 5.09. The molecule has 100 valence electrons. The standard InChI is InChI=1S/C13H21N3O2/c1-8-4-11(6-14)7-16(8)13(17)5-12-9(2)15-18-10(12)3/h8,11H,4-7,14H2,1-3H3. The quantitative estimate of drug-likeness (QED) is 0.871. The zero-order valence-electron chi connectivity index (χ0n) is 11.3. The summed E-state index contributed by atoms with van der Waals surface area (Å²) >= 11 is 0. The van der Waals surface area contributed by atoms with Crippen molar-refractivity contribution in [2.75, 3.05) is 13.1 Å². The molecule has 2 atom stereocenters. The molecule has 1 aliphatic rings. The van der Waals surface area contributed by atoms with E-state index >= 15 is 0 Å². The molecule has 2 unspecified atom stereocenters. The molecule has 1 aromatic rings. The van der Waals surface area contributed by atoms with Crippen molar-refractivity contribution in [3.63, 3.8) is 0 Å². The zero-order valence-corrected chi connectivity index (χ0v) is 11.3. The Morgan fingerprint density at radius 3 is 2.78 bits per heavy atom. The number of rotatable bonds is 3. The maximum Gasteiger partial charge on any atom is 0.227 e. The second-order valence-corrected chi connectivity index (χ2v) is 5.21. The molecule has 0 spiro atoms. The molecule has 5 heteroatoms. The van der Waals surface area contributed by atoms with Crippen LogP contribution in [0.5, 0.6) is 0 Å². The van der Waals surface area contributed by atoms with Crippen molar-refractivity contribution in [2.45, 2.75) is 39.7 Å². The van der Waals surface area contributed by atoms with Gasteiger partial charge in [0.2, 0.25) is 5.91 Å². The van der Waals surface area contributed by atoms with Crippen LogP contribution in [0.2, 0.25) is 0 Å². The molecule has 0 radical (unpaired) electrons. The highest BCUT2D eigenvalue weighted by Crippen LogP contribution is 2.24. The lowest BCUT2D eigenvalue weighted by Crippen LogP contribution is -2.35. The third kappa shape index (κ3) is 2.41. The monoisotopic (exact) mass is 251 g/mol. The molecule has 1 aliphatic heterocycles. The highest BCUT2D eigenvalue weighted by Gasteiger charge is 2.32. The molecule has 1 fully saturated rings. The van der Waals surface area contributed by atoms with E-state index in [0.29, 0.717) is 18.9 Å². The van der Waals surface area contributed by atoms with Crippen LogP contribution in [0.4, 0.5) is 0 Å². The molecule has 1 aromatic heterocycles. The smallest absolute Gasteiger partial charge is 0.227 e. The van der Waals surface area contributed by atoms with Crippen molar-refractivity contribution < 1.29 is 9.32 Å². The summed E-state index contributed by atoms with van der Waals surface area (Å²) in [6.07, 6.45) is 1.38. The van der Waals surface area contributed by atoms with Gasteiger partial charge in [-0.05, 0) is 39.7 Å². The Labute approximate surface area is 107 Å². The Balaban J connectivity index is 2.05. The first-order valence-corrected chi connectivity index (χ1v) is 6.44. The van der Waals surface area contributed by atoms with Gasteiger partial charge in [0, 0.05) is 18.2 Å². The highest BCUT2D eigenvalue weighted by atomic mass is 16.5. The SMILES string of the molecule is Cc1noc(C)c1CC(=O)N1CC(CN)CC1C. The van der Waals surface area contributed by atoms with E-state index in [4.69, 9.17) is 10.3 Å². The number of amides is 1. The number of likely N-dealkylation sites (tertiary alicyclic amines) is 1. The summed E-state index contributed by atoms with van der Waals surface area (Å²) in [5.41, 5.74) is 7.41. The van der Waals surface area contributed by atoms with Crippen LogP contribution in [-0.2, 0) is 11.2 Å². The highest BCUT2D eigenvalue weighted by molar-refractivity contribution is 5.79. The van der Waals surface area contributed by atoms with Crippen molar-refractivity contribution in [3.8, 4) is 0 Å². The molecular weight excluding hydrogens is 230 g/mol. The Bertz CT molecular complexity index is 422. The molecule has 5 nitrogen and oxygen atoms in total. The summed E-state index contributed by atoms with van der Waals surface area (Å²) in [6, 6.07) is 0.284. The van der Waals surface area contributed by atoms with Crippen LogP contribution < -0.4 is 5.73 Å². The van der Waals surface area contributed by atoms with E-state index in [1.165, 1.54) is 0 Å². The number of nitrogens with zero attached hydrogens (tertiary/aromatic N) is 2. The lowest BCUT2D eigenvalue weighted by Gasteiger charge is -2.21. The molecule has 2 heterocycles. The third-order valence-corrected chi connectivity index (χ3v) is 3.82. The fourth-order valence-electron chi connectivity index (χ4n) is 2.67. The van der Waals surface area contributed by atoms with Crippen molar-refractivity contribution >= 4 is 5.91 Å². The number of carbonyl (C=O) groups is 1. The van der Waals surface area contributed by atoms with Crippen LogP contribution in [0.3, 0.4) is 0 Å². The number of nitrogens with two attached hydrogens (primary N) is 1. The third-order valence-electron chi connectivity index (χ3n) is 3.82. The van der Waals surface area contributed by atoms with Crippen molar-refractivity contribution in [3.05, 3.63) is 17.0 Å². The van der Waals surface area contributed by atoms with Gasteiger partial charge in [-0.2, -0.15) is 0 Å². The lowest BCUT2D eigenvalue weighted by molar-refractivity contribution is -0.131. The Morgan fingerprint density at radius 2 is 2.28 bits per heavy atom. The van der Waals surface area contributed by atoms with E-state index in [1.54, 1.807) is 0 Å². The zero-order chi connectivity index (χ0) is 13.3. The maximum atomic E-state index is 12.3. The van der Waals surface area contributed by atoms with Gasteiger partial charge in [0.05, 0.1) is 12.1 Å². The summed E-state index contributed by atoms with van der Waals surface area (Å²) in [5.74, 6) is 1.32. The van der Waals surface area contributed by atoms with Gasteiger partial charge in [-0.15, -0.1) is 0 Å². The first-order valence-electron chi connectivity index (χ1n) is 6.44.